The first-order chi connectivity index (χ1) is 47.2. The Kier molecular flexibility index (Phi) is 66.8. The molecule has 582 valence electrons. The van der Waals surface area contributed by atoms with Crippen molar-refractivity contribution in [3.05, 3.63) is 0 Å². The zero-order valence-corrected chi connectivity index (χ0v) is 66.2. The first-order valence-corrected chi connectivity index (χ1v) is 43.8. The number of esters is 4. The molecule has 0 aromatic carbocycles. The molecule has 0 heterocycles. The van der Waals surface area contributed by atoms with Gasteiger partial charge in [0, 0.05) is 25.7 Å². The highest BCUT2D eigenvalue weighted by Crippen LogP contribution is 2.45. The van der Waals surface area contributed by atoms with Gasteiger partial charge >= 0.3 is 39.5 Å². The number of hydrogen-bond donors (Lipinski definition) is 3. The molecule has 0 aromatic rings. The molecule has 0 bridgehead atoms. The molecular formula is C79H154O17P2. The second-order valence-electron chi connectivity index (χ2n) is 29.9. The molecule has 19 heteroatoms. The summed E-state index contributed by atoms with van der Waals surface area (Å²) in [4.78, 5) is 72.9. The first-order valence-electron chi connectivity index (χ1n) is 40.8. The van der Waals surface area contributed by atoms with E-state index in [1.165, 1.54) is 199 Å². The molecule has 3 N–H and O–H groups in total. The van der Waals surface area contributed by atoms with Crippen LogP contribution in [0.1, 0.15) is 402 Å². The summed E-state index contributed by atoms with van der Waals surface area (Å²) in [5, 5.41) is 10.6. The lowest BCUT2D eigenvalue weighted by atomic mass is 9.99. The van der Waals surface area contributed by atoms with Gasteiger partial charge in [-0.25, -0.2) is 9.13 Å². The molecule has 5 unspecified atom stereocenters. The van der Waals surface area contributed by atoms with Crippen LogP contribution in [0.15, 0.2) is 0 Å². The summed E-state index contributed by atoms with van der Waals surface area (Å²) in [6.45, 7) is 14.3. The molecule has 7 atom stereocenters. The van der Waals surface area contributed by atoms with Gasteiger partial charge < -0.3 is 33.8 Å². The van der Waals surface area contributed by atoms with E-state index in [1.54, 1.807) is 0 Å². The smallest absolute Gasteiger partial charge is 0.462 e. The van der Waals surface area contributed by atoms with Crippen LogP contribution in [0.3, 0.4) is 0 Å². The van der Waals surface area contributed by atoms with E-state index < -0.39 is 97.5 Å². The Hall–Kier alpha value is -1.94. The summed E-state index contributed by atoms with van der Waals surface area (Å²) in [6, 6.07) is 0. The number of carbonyl (C=O) groups is 4. The van der Waals surface area contributed by atoms with Crippen LogP contribution in [-0.2, 0) is 65.4 Å². The summed E-state index contributed by atoms with van der Waals surface area (Å²) >= 11 is 0. The van der Waals surface area contributed by atoms with Gasteiger partial charge in [0.1, 0.15) is 19.3 Å². The number of ether oxygens (including phenoxy) is 4. The zero-order valence-electron chi connectivity index (χ0n) is 64.4. The van der Waals surface area contributed by atoms with Gasteiger partial charge in [0.15, 0.2) is 12.2 Å². The van der Waals surface area contributed by atoms with Crippen molar-refractivity contribution in [2.75, 3.05) is 39.6 Å². The van der Waals surface area contributed by atoms with Crippen LogP contribution in [0, 0.1) is 23.7 Å². The van der Waals surface area contributed by atoms with Gasteiger partial charge in [0.05, 0.1) is 26.4 Å². The molecule has 0 rings (SSSR count). The molecule has 0 aliphatic carbocycles. The lowest BCUT2D eigenvalue weighted by Crippen LogP contribution is -2.30. The third-order valence-electron chi connectivity index (χ3n) is 19.0. The fourth-order valence-corrected chi connectivity index (χ4v) is 13.6. The monoisotopic (exact) mass is 1440 g/mol. The quantitative estimate of drug-likeness (QED) is 0.0222. The molecule has 0 saturated heterocycles. The van der Waals surface area contributed by atoms with E-state index >= 15 is 0 Å². The van der Waals surface area contributed by atoms with E-state index in [0.717, 1.165) is 114 Å². The third-order valence-corrected chi connectivity index (χ3v) is 20.9. The number of rotatable bonds is 76. The fourth-order valence-electron chi connectivity index (χ4n) is 12.0. The van der Waals surface area contributed by atoms with Gasteiger partial charge in [-0.05, 0) is 49.4 Å². The number of carbonyl (C=O) groups excluding carboxylic acids is 4. The SMILES string of the molecule is CCC(C)CCCCCCCCCCCCCCCCC(=O)OC[C@H](COP(=O)(O)OCC(O)COP(=O)(O)OC[C@@H](COC(=O)CCCCCCCCCC(C)C)OC(=O)CCCCCCCCCCCC(C)C)OC(=O)CCCCCCCCCCCCCCCCC(C)CC. The largest absolute Gasteiger partial charge is 0.472 e. The molecule has 0 radical (unpaired) electrons. The van der Waals surface area contributed by atoms with Crippen molar-refractivity contribution < 1.29 is 80.2 Å². The topological polar surface area (TPSA) is 237 Å². The maximum absolute atomic E-state index is 13.1. The Morgan fingerprint density at radius 1 is 0.286 bits per heavy atom. The number of aliphatic hydroxyl groups is 1. The van der Waals surface area contributed by atoms with Crippen molar-refractivity contribution in [2.24, 2.45) is 23.7 Å². The van der Waals surface area contributed by atoms with E-state index in [-0.39, 0.29) is 25.7 Å². The van der Waals surface area contributed by atoms with E-state index in [9.17, 15) is 43.2 Å². The minimum atomic E-state index is -4.96. The van der Waals surface area contributed by atoms with Crippen molar-refractivity contribution in [2.45, 2.75) is 420 Å². The number of phosphoric acid groups is 2. The maximum Gasteiger partial charge on any atom is 0.472 e. The Morgan fingerprint density at radius 3 is 0.724 bits per heavy atom. The molecule has 17 nitrogen and oxygen atoms in total. The van der Waals surface area contributed by atoms with Gasteiger partial charge in [0.2, 0.25) is 0 Å². The van der Waals surface area contributed by atoms with Crippen molar-refractivity contribution in [3.63, 3.8) is 0 Å². The summed E-state index contributed by atoms with van der Waals surface area (Å²) in [5.41, 5.74) is 0. The Morgan fingerprint density at radius 2 is 0.490 bits per heavy atom. The fraction of sp³-hybridized carbons (Fsp3) is 0.949. The molecule has 0 spiro atoms. The Labute approximate surface area is 600 Å². The normalized spacial score (nSPS) is 14.6. The highest BCUT2D eigenvalue weighted by atomic mass is 31.2. The van der Waals surface area contributed by atoms with Gasteiger partial charge in [-0.2, -0.15) is 0 Å². The predicted octanol–water partition coefficient (Wildman–Crippen LogP) is 23.2. The van der Waals surface area contributed by atoms with Crippen LogP contribution < -0.4 is 0 Å². The van der Waals surface area contributed by atoms with Crippen molar-refractivity contribution in [3.8, 4) is 0 Å². The second kappa shape index (κ2) is 68.2. The average molecular weight is 1440 g/mol. The van der Waals surface area contributed by atoms with Crippen molar-refractivity contribution >= 4 is 39.5 Å². The summed E-state index contributed by atoms with van der Waals surface area (Å²) in [6.07, 6.45) is 54.1. The number of unbranched alkanes of at least 4 members (excludes halogenated alkanes) is 40. The Bertz CT molecular complexity index is 1920. The van der Waals surface area contributed by atoms with Crippen molar-refractivity contribution in [1.29, 1.82) is 0 Å². The standard InChI is InChI=1S/C79H154O17P2/c1-9-71(7)57-49-41-33-25-19-15-11-13-17-21-27-35-43-51-59-76(81)89-65-74(95-78(83)61-53-45-36-28-22-18-14-12-16-20-26-34-42-50-58-72(8)10-2)67-93-97(85,86)91-63-73(80)64-92-98(87,88)94-68-75(66-90-77(82)60-52-44-38-30-32-40-48-56-70(5)6)96-79(84)62-54-46-37-29-23-24-31-39-47-55-69(3)4/h69-75,80H,9-68H2,1-8H3,(H,85,86)(H,87,88)/t71?,72?,73?,74-,75-/m1/s1. The highest BCUT2D eigenvalue weighted by Gasteiger charge is 2.30. The lowest BCUT2D eigenvalue weighted by molar-refractivity contribution is -0.161. The minimum absolute atomic E-state index is 0.104. The number of phosphoric ester groups is 2. The molecule has 0 saturated carbocycles. The van der Waals surface area contributed by atoms with Crippen LogP contribution >= 0.6 is 15.6 Å². The maximum atomic E-state index is 13.1. The average Bonchev–Trinajstić information content (AvgIpc) is 1.06. The van der Waals surface area contributed by atoms with Crippen LogP contribution in [0.25, 0.3) is 0 Å². The molecule has 0 amide bonds. The molecule has 0 aliphatic rings. The molecule has 0 aliphatic heterocycles. The van der Waals surface area contributed by atoms with Gasteiger partial charge in [-0.15, -0.1) is 0 Å². The van der Waals surface area contributed by atoms with Crippen LogP contribution in [0.4, 0.5) is 0 Å². The van der Waals surface area contributed by atoms with Crippen LogP contribution in [0.5, 0.6) is 0 Å². The number of hydrogen-bond acceptors (Lipinski definition) is 15. The summed E-state index contributed by atoms with van der Waals surface area (Å²) in [7, 11) is -9.92. The van der Waals surface area contributed by atoms with Crippen LogP contribution in [-0.4, -0.2) is 96.7 Å². The van der Waals surface area contributed by atoms with Crippen molar-refractivity contribution in [1.82, 2.24) is 0 Å². The first kappa shape index (κ1) is 96.1. The minimum Gasteiger partial charge on any atom is -0.462 e. The third kappa shape index (κ3) is 69.8. The predicted molar refractivity (Wildman–Crippen MR) is 400 cm³/mol. The number of aliphatic hydroxyl groups excluding tert-OH is 1. The van der Waals surface area contributed by atoms with Crippen LogP contribution in [0.2, 0.25) is 0 Å². The van der Waals surface area contributed by atoms with Gasteiger partial charge in [-0.3, -0.25) is 37.3 Å². The van der Waals surface area contributed by atoms with Gasteiger partial charge in [-0.1, -0.05) is 351 Å². The molecule has 0 fully saturated rings. The zero-order chi connectivity index (χ0) is 72.4. The Balaban J connectivity index is 5.24. The summed E-state index contributed by atoms with van der Waals surface area (Å²) in [5.74, 6) is 1.02. The van der Waals surface area contributed by atoms with E-state index in [0.29, 0.717) is 31.6 Å². The summed E-state index contributed by atoms with van der Waals surface area (Å²) < 4.78 is 68.6. The molecule has 98 heavy (non-hydrogen) atoms. The van der Waals surface area contributed by atoms with E-state index in [2.05, 4.69) is 55.4 Å². The molecule has 0 aromatic heterocycles. The van der Waals surface area contributed by atoms with E-state index in [1.807, 2.05) is 0 Å². The molecular weight excluding hydrogens is 1280 g/mol. The second-order valence-corrected chi connectivity index (χ2v) is 32.8. The lowest BCUT2D eigenvalue weighted by Gasteiger charge is -2.21. The van der Waals surface area contributed by atoms with Gasteiger partial charge in [0.25, 0.3) is 0 Å². The highest BCUT2D eigenvalue weighted by molar-refractivity contribution is 7.47. The van der Waals surface area contributed by atoms with E-state index in [4.69, 9.17) is 37.0 Å².